The summed E-state index contributed by atoms with van der Waals surface area (Å²) in [6, 6.07) is 1.81. The number of rotatable bonds is 8. The van der Waals surface area contributed by atoms with E-state index in [0.717, 1.165) is 18.9 Å². The molecule has 21 heavy (non-hydrogen) atoms. The van der Waals surface area contributed by atoms with Crippen LogP contribution in [0.5, 0.6) is 0 Å². The quantitative estimate of drug-likeness (QED) is 0.479. The summed E-state index contributed by atoms with van der Waals surface area (Å²) < 4.78 is 5.34. The van der Waals surface area contributed by atoms with Crippen LogP contribution in [0.25, 0.3) is 0 Å². The molecule has 1 aliphatic heterocycles. The molecule has 8 heteroatoms. The fourth-order valence-corrected chi connectivity index (χ4v) is 3.07. The number of aromatic nitrogens is 2. The van der Waals surface area contributed by atoms with Gasteiger partial charge in [-0.25, -0.2) is 15.8 Å². The van der Waals surface area contributed by atoms with Crippen molar-refractivity contribution in [2.75, 3.05) is 55.0 Å². The third-order valence-corrected chi connectivity index (χ3v) is 4.14. The second-order valence-electron chi connectivity index (χ2n) is 4.72. The van der Waals surface area contributed by atoms with Gasteiger partial charge >= 0.3 is 0 Å². The molecule has 1 aromatic rings. The maximum Gasteiger partial charge on any atom is 0.158 e. The van der Waals surface area contributed by atoms with E-state index in [1.165, 1.54) is 24.6 Å². The molecular formula is C13H24N6OS. The van der Waals surface area contributed by atoms with Crippen molar-refractivity contribution in [3.63, 3.8) is 0 Å². The SMILES string of the molecule is CCOCc1nc(NN)cc(NCCN2CCSCC2)n1. The molecule has 0 amide bonds. The van der Waals surface area contributed by atoms with Crippen LogP contribution in [0.1, 0.15) is 12.7 Å². The predicted molar refractivity (Wildman–Crippen MR) is 87.4 cm³/mol. The van der Waals surface area contributed by atoms with Crippen LogP contribution in [0.4, 0.5) is 11.6 Å². The summed E-state index contributed by atoms with van der Waals surface area (Å²) in [6.07, 6.45) is 0. The number of nitrogens with zero attached hydrogens (tertiary/aromatic N) is 3. The molecule has 1 saturated heterocycles. The van der Waals surface area contributed by atoms with Crippen LogP contribution in [-0.2, 0) is 11.3 Å². The highest BCUT2D eigenvalue weighted by molar-refractivity contribution is 7.99. The molecule has 4 N–H and O–H groups in total. The highest BCUT2D eigenvalue weighted by atomic mass is 32.2. The lowest BCUT2D eigenvalue weighted by Crippen LogP contribution is -2.36. The highest BCUT2D eigenvalue weighted by Crippen LogP contribution is 2.12. The van der Waals surface area contributed by atoms with Gasteiger partial charge in [-0.1, -0.05) is 0 Å². The summed E-state index contributed by atoms with van der Waals surface area (Å²) in [5.41, 5.74) is 2.56. The van der Waals surface area contributed by atoms with Crippen LogP contribution < -0.4 is 16.6 Å². The number of nitrogen functional groups attached to an aromatic ring is 1. The first-order valence-electron chi connectivity index (χ1n) is 7.28. The Morgan fingerprint density at radius 1 is 1.33 bits per heavy atom. The van der Waals surface area contributed by atoms with Gasteiger partial charge in [0.2, 0.25) is 0 Å². The molecule has 1 fully saturated rings. The Morgan fingerprint density at radius 3 is 2.81 bits per heavy atom. The number of nitrogens with one attached hydrogen (secondary N) is 2. The van der Waals surface area contributed by atoms with E-state index < -0.39 is 0 Å². The fraction of sp³-hybridized carbons (Fsp3) is 0.692. The molecule has 0 spiro atoms. The number of nitrogens with two attached hydrogens (primary N) is 1. The number of anilines is 2. The van der Waals surface area contributed by atoms with Crippen LogP contribution in [0.3, 0.4) is 0 Å². The Bertz CT molecular complexity index is 427. The maximum atomic E-state index is 5.44. The van der Waals surface area contributed by atoms with E-state index >= 15 is 0 Å². The Labute approximate surface area is 130 Å². The van der Waals surface area contributed by atoms with E-state index in [1.54, 1.807) is 0 Å². The van der Waals surface area contributed by atoms with Crippen molar-refractivity contribution < 1.29 is 4.74 Å². The normalized spacial score (nSPS) is 15.9. The predicted octanol–water partition coefficient (Wildman–Crippen LogP) is 0.759. The second kappa shape index (κ2) is 9.04. The van der Waals surface area contributed by atoms with Gasteiger partial charge in [-0.05, 0) is 6.92 Å². The Balaban J connectivity index is 1.85. The van der Waals surface area contributed by atoms with E-state index in [2.05, 4.69) is 25.6 Å². The number of hydrogen-bond donors (Lipinski definition) is 3. The minimum absolute atomic E-state index is 0.393. The van der Waals surface area contributed by atoms with Gasteiger partial charge in [0.05, 0.1) is 0 Å². The maximum absolute atomic E-state index is 5.44. The summed E-state index contributed by atoms with van der Waals surface area (Å²) in [5.74, 6) is 9.90. The highest BCUT2D eigenvalue weighted by Gasteiger charge is 2.10. The summed E-state index contributed by atoms with van der Waals surface area (Å²) in [7, 11) is 0. The molecule has 2 heterocycles. The van der Waals surface area contributed by atoms with Gasteiger partial charge in [-0.3, -0.25) is 4.90 Å². The molecule has 0 unspecified atom stereocenters. The number of thioether (sulfide) groups is 1. The molecular weight excluding hydrogens is 288 g/mol. The molecule has 0 aromatic carbocycles. The van der Waals surface area contributed by atoms with Gasteiger partial charge in [0.25, 0.3) is 0 Å². The van der Waals surface area contributed by atoms with E-state index in [0.29, 0.717) is 24.9 Å². The zero-order valence-electron chi connectivity index (χ0n) is 12.5. The molecule has 0 atom stereocenters. The fourth-order valence-electron chi connectivity index (χ4n) is 2.09. The standard InChI is InChI=1S/C13H24N6OS/c1-2-20-10-13-16-11(9-12(17-13)18-14)15-3-4-19-5-7-21-8-6-19/h9H,2-8,10,14H2,1H3,(H2,15,16,17,18). The lowest BCUT2D eigenvalue weighted by Gasteiger charge is -2.26. The van der Waals surface area contributed by atoms with Crippen LogP contribution in [0, 0.1) is 0 Å². The van der Waals surface area contributed by atoms with Crippen molar-refractivity contribution in [1.82, 2.24) is 14.9 Å². The van der Waals surface area contributed by atoms with Gasteiger partial charge in [-0.15, -0.1) is 0 Å². The van der Waals surface area contributed by atoms with Crippen LogP contribution in [0.15, 0.2) is 6.07 Å². The van der Waals surface area contributed by atoms with Crippen molar-refractivity contribution in [2.24, 2.45) is 5.84 Å². The van der Waals surface area contributed by atoms with Crippen molar-refractivity contribution in [3.05, 3.63) is 11.9 Å². The molecule has 0 radical (unpaired) electrons. The van der Waals surface area contributed by atoms with E-state index in [9.17, 15) is 0 Å². The summed E-state index contributed by atoms with van der Waals surface area (Å²) >= 11 is 2.02. The topological polar surface area (TPSA) is 88.3 Å². The average Bonchev–Trinajstić information content (AvgIpc) is 2.53. The number of hydrazine groups is 1. The smallest absolute Gasteiger partial charge is 0.158 e. The average molecular weight is 312 g/mol. The zero-order chi connectivity index (χ0) is 14.9. The van der Waals surface area contributed by atoms with E-state index in [-0.39, 0.29) is 0 Å². The first kappa shape index (κ1) is 16.3. The summed E-state index contributed by atoms with van der Waals surface area (Å²) in [5, 5.41) is 3.33. The second-order valence-corrected chi connectivity index (χ2v) is 5.94. The molecule has 0 aliphatic carbocycles. The minimum Gasteiger partial charge on any atom is -0.374 e. The van der Waals surface area contributed by atoms with Crippen molar-refractivity contribution >= 4 is 23.4 Å². The van der Waals surface area contributed by atoms with Crippen LogP contribution in [0.2, 0.25) is 0 Å². The van der Waals surface area contributed by atoms with Crippen LogP contribution in [-0.4, -0.2) is 59.2 Å². The summed E-state index contributed by atoms with van der Waals surface area (Å²) in [6.45, 7) is 7.20. The Morgan fingerprint density at radius 2 is 2.10 bits per heavy atom. The molecule has 1 aliphatic rings. The minimum atomic E-state index is 0.393. The van der Waals surface area contributed by atoms with E-state index in [4.69, 9.17) is 10.6 Å². The first-order valence-corrected chi connectivity index (χ1v) is 8.43. The van der Waals surface area contributed by atoms with Gasteiger partial charge in [-0.2, -0.15) is 11.8 Å². The van der Waals surface area contributed by atoms with Crippen molar-refractivity contribution in [1.29, 1.82) is 0 Å². The van der Waals surface area contributed by atoms with Crippen molar-refractivity contribution in [2.45, 2.75) is 13.5 Å². The molecule has 118 valence electrons. The lowest BCUT2D eigenvalue weighted by atomic mass is 10.4. The Hall–Kier alpha value is -1.09. The van der Waals surface area contributed by atoms with Gasteiger partial charge in [0.1, 0.15) is 18.2 Å². The molecule has 0 saturated carbocycles. The molecule has 1 aromatic heterocycles. The zero-order valence-corrected chi connectivity index (χ0v) is 13.3. The van der Waals surface area contributed by atoms with Gasteiger partial charge in [0, 0.05) is 50.4 Å². The third kappa shape index (κ3) is 5.66. The third-order valence-electron chi connectivity index (χ3n) is 3.19. The Kier molecular flexibility index (Phi) is 7.01. The van der Waals surface area contributed by atoms with Crippen molar-refractivity contribution in [3.8, 4) is 0 Å². The molecule has 2 rings (SSSR count). The van der Waals surface area contributed by atoms with Gasteiger partial charge < -0.3 is 15.5 Å². The van der Waals surface area contributed by atoms with Crippen LogP contribution >= 0.6 is 11.8 Å². The monoisotopic (exact) mass is 312 g/mol. The molecule has 0 bridgehead atoms. The van der Waals surface area contributed by atoms with Gasteiger partial charge in [0.15, 0.2) is 5.82 Å². The summed E-state index contributed by atoms with van der Waals surface area (Å²) in [4.78, 5) is 11.2. The number of hydrogen-bond acceptors (Lipinski definition) is 8. The first-order chi connectivity index (χ1) is 10.3. The molecule has 7 nitrogen and oxygen atoms in total. The van der Waals surface area contributed by atoms with E-state index in [1.807, 2.05) is 24.8 Å². The largest absolute Gasteiger partial charge is 0.374 e. The lowest BCUT2D eigenvalue weighted by molar-refractivity contribution is 0.128. The number of ether oxygens (including phenoxy) is 1.